The number of rotatable bonds is 6. The molecule has 0 spiro atoms. The fourth-order valence-electron chi connectivity index (χ4n) is 4.60. The van der Waals surface area contributed by atoms with Gasteiger partial charge in [0, 0.05) is 17.5 Å². The SMILES string of the molecule is COc1ccc(-c2coc3c4c(cc(OC)c3c2=O)OC(=O)C[C@@H]4c2ccc(OC)c(OC)c2)cc1. The first-order valence-electron chi connectivity index (χ1n) is 11.2. The van der Waals surface area contributed by atoms with Gasteiger partial charge in [-0.3, -0.25) is 9.59 Å². The summed E-state index contributed by atoms with van der Waals surface area (Å²) in [5.41, 5.74) is 2.48. The number of hydrogen-bond acceptors (Lipinski definition) is 8. The lowest BCUT2D eigenvalue weighted by Crippen LogP contribution is -2.22. The summed E-state index contributed by atoms with van der Waals surface area (Å²) in [6.45, 7) is 0. The van der Waals surface area contributed by atoms with Gasteiger partial charge in [-0.15, -0.1) is 0 Å². The van der Waals surface area contributed by atoms with Gasteiger partial charge < -0.3 is 28.1 Å². The van der Waals surface area contributed by atoms with Crippen molar-refractivity contribution in [2.24, 2.45) is 0 Å². The van der Waals surface area contributed by atoms with Crippen LogP contribution in [0.15, 0.2) is 64.0 Å². The molecule has 0 aliphatic carbocycles. The summed E-state index contributed by atoms with van der Waals surface area (Å²) in [6.07, 6.45) is 1.49. The first-order chi connectivity index (χ1) is 17.5. The molecule has 1 atom stereocenters. The molecule has 5 rings (SSSR count). The van der Waals surface area contributed by atoms with E-state index in [9.17, 15) is 9.59 Å². The molecular weight excluding hydrogens is 464 g/mol. The zero-order chi connectivity index (χ0) is 25.4. The molecule has 0 radical (unpaired) electrons. The summed E-state index contributed by atoms with van der Waals surface area (Å²) in [7, 11) is 6.14. The van der Waals surface area contributed by atoms with Crippen molar-refractivity contribution in [3.05, 3.63) is 76.1 Å². The number of benzene rings is 3. The molecule has 0 saturated heterocycles. The molecule has 1 aliphatic rings. The molecule has 0 N–H and O–H groups in total. The molecule has 8 heteroatoms. The van der Waals surface area contributed by atoms with Crippen LogP contribution in [0.25, 0.3) is 22.1 Å². The molecule has 0 bridgehead atoms. The lowest BCUT2D eigenvalue weighted by Gasteiger charge is -2.26. The minimum atomic E-state index is -0.440. The summed E-state index contributed by atoms with van der Waals surface area (Å²) in [5.74, 6) is 1.47. The second-order valence-corrected chi connectivity index (χ2v) is 8.25. The van der Waals surface area contributed by atoms with Gasteiger partial charge in [0.15, 0.2) is 11.5 Å². The molecule has 36 heavy (non-hydrogen) atoms. The fraction of sp³-hybridized carbons (Fsp3) is 0.214. The van der Waals surface area contributed by atoms with E-state index in [0.29, 0.717) is 39.5 Å². The summed E-state index contributed by atoms with van der Waals surface area (Å²) in [4.78, 5) is 26.3. The van der Waals surface area contributed by atoms with Crippen LogP contribution >= 0.6 is 0 Å². The molecule has 2 heterocycles. The van der Waals surface area contributed by atoms with Crippen LogP contribution in [0.3, 0.4) is 0 Å². The second kappa shape index (κ2) is 9.30. The van der Waals surface area contributed by atoms with Crippen LogP contribution in [0.4, 0.5) is 0 Å². The Morgan fingerprint density at radius 3 is 2.19 bits per heavy atom. The molecule has 3 aromatic carbocycles. The van der Waals surface area contributed by atoms with Crippen molar-refractivity contribution in [1.82, 2.24) is 0 Å². The van der Waals surface area contributed by atoms with E-state index < -0.39 is 11.9 Å². The van der Waals surface area contributed by atoms with Crippen molar-refractivity contribution in [3.8, 4) is 39.9 Å². The van der Waals surface area contributed by atoms with Gasteiger partial charge in [0.05, 0.1) is 40.4 Å². The van der Waals surface area contributed by atoms with E-state index in [1.165, 1.54) is 13.4 Å². The largest absolute Gasteiger partial charge is 0.497 e. The Kier molecular flexibility index (Phi) is 6.01. The highest BCUT2D eigenvalue weighted by Crippen LogP contribution is 2.47. The highest BCUT2D eigenvalue weighted by Gasteiger charge is 2.34. The van der Waals surface area contributed by atoms with Gasteiger partial charge in [0.2, 0.25) is 5.43 Å². The minimum Gasteiger partial charge on any atom is -0.497 e. The predicted octanol–water partition coefficient (Wildman–Crippen LogP) is 4.94. The third-order valence-electron chi connectivity index (χ3n) is 6.39. The molecule has 0 amide bonds. The Hall–Kier alpha value is -4.46. The monoisotopic (exact) mass is 488 g/mol. The van der Waals surface area contributed by atoms with Crippen molar-refractivity contribution in [2.75, 3.05) is 28.4 Å². The third kappa shape index (κ3) is 3.80. The molecule has 184 valence electrons. The standard InChI is InChI=1S/C28H24O8/c1-31-17-8-5-15(6-9-17)19-14-35-28-25-18(16-7-10-20(32-2)21(11-16)33-3)12-24(29)36-23(25)13-22(34-4)26(28)27(19)30/h5-11,13-14,18H,12H2,1-4H3/t18-/m1/s1. The van der Waals surface area contributed by atoms with Crippen LogP contribution < -0.4 is 29.1 Å². The van der Waals surface area contributed by atoms with E-state index in [1.807, 2.05) is 12.1 Å². The molecule has 4 aromatic rings. The zero-order valence-electron chi connectivity index (χ0n) is 20.2. The average Bonchev–Trinajstić information content (AvgIpc) is 2.91. The highest BCUT2D eigenvalue weighted by atomic mass is 16.5. The minimum absolute atomic E-state index is 0.0633. The molecule has 0 unspecified atom stereocenters. The first kappa shape index (κ1) is 23.3. The van der Waals surface area contributed by atoms with Crippen molar-refractivity contribution >= 4 is 16.9 Å². The van der Waals surface area contributed by atoms with Crippen molar-refractivity contribution in [3.63, 3.8) is 0 Å². The van der Waals surface area contributed by atoms with Gasteiger partial charge in [-0.1, -0.05) is 18.2 Å². The summed E-state index contributed by atoms with van der Waals surface area (Å²) in [6, 6.07) is 14.1. The summed E-state index contributed by atoms with van der Waals surface area (Å²) < 4.78 is 33.2. The Bertz CT molecular complexity index is 1520. The van der Waals surface area contributed by atoms with Gasteiger partial charge in [-0.05, 0) is 35.4 Å². The Balaban J connectivity index is 1.75. The van der Waals surface area contributed by atoms with E-state index in [1.54, 1.807) is 57.7 Å². The van der Waals surface area contributed by atoms with Gasteiger partial charge >= 0.3 is 5.97 Å². The topological polar surface area (TPSA) is 93.4 Å². The number of methoxy groups -OCH3 is 4. The molecular formula is C28H24O8. The van der Waals surface area contributed by atoms with Gasteiger partial charge in [0.25, 0.3) is 0 Å². The average molecular weight is 488 g/mol. The molecule has 0 saturated carbocycles. The predicted molar refractivity (Wildman–Crippen MR) is 133 cm³/mol. The van der Waals surface area contributed by atoms with Crippen molar-refractivity contribution in [2.45, 2.75) is 12.3 Å². The maximum Gasteiger partial charge on any atom is 0.312 e. The second-order valence-electron chi connectivity index (χ2n) is 8.25. The third-order valence-corrected chi connectivity index (χ3v) is 6.39. The Morgan fingerprint density at radius 1 is 0.806 bits per heavy atom. The highest BCUT2D eigenvalue weighted by molar-refractivity contribution is 5.94. The number of carbonyl (C=O) groups is 1. The Morgan fingerprint density at radius 2 is 1.53 bits per heavy atom. The van der Waals surface area contributed by atoms with Gasteiger partial charge in [0.1, 0.15) is 34.5 Å². The van der Waals surface area contributed by atoms with Crippen LogP contribution in [0.5, 0.6) is 28.7 Å². The normalized spacial score (nSPS) is 14.7. The van der Waals surface area contributed by atoms with Gasteiger partial charge in [-0.2, -0.15) is 0 Å². The van der Waals surface area contributed by atoms with Crippen molar-refractivity contribution in [1.29, 1.82) is 0 Å². The fourth-order valence-corrected chi connectivity index (χ4v) is 4.60. The number of hydrogen-bond donors (Lipinski definition) is 0. The van der Waals surface area contributed by atoms with Crippen LogP contribution in [0.2, 0.25) is 0 Å². The molecule has 0 fully saturated rings. The van der Waals surface area contributed by atoms with E-state index in [-0.39, 0.29) is 28.7 Å². The van der Waals surface area contributed by atoms with Crippen LogP contribution in [0, 0.1) is 0 Å². The van der Waals surface area contributed by atoms with E-state index in [2.05, 4.69) is 0 Å². The van der Waals surface area contributed by atoms with Crippen LogP contribution in [-0.2, 0) is 4.79 Å². The number of ether oxygens (including phenoxy) is 5. The summed E-state index contributed by atoms with van der Waals surface area (Å²) in [5, 5.41) is 0.271. The Labute approximate surface area is 206 Å². The zero-order valence-corrected chi connectivity index (χ0v) is 20.2. The van der Waals surface area contributed by atoms with Gasteiger partial charge in [-0.25, -0.2) is 0 Å². The van der Waals surface area contributed by atoms with Crippen LogP contribution in [-0.4, -0.2) is 34.4 Å². The maximum atomic E-state index is 13.7. The number of esters is 1. The van der Waals surface area contributed by atoms with E-state index in [4.69, 9.17) is 28.1 Å². The van der Waals surface area contributed by atoms with Crippen molar-refractivity contribution < 1.29 is 32.9 Å². The van der Waals surface area contributed by atoms with E-state index in [0.717, 1.165) is 5.56 Å². The number of carbonyl (C=O) groups excluding carboxylic acids is 1. The smallest absolute Gasteiger partial charge is 0.312 e. The molecule has 8 nitrogen and oxygen atoms in total. The molecule has 1 aliphatic heterocycles. The van der Waals surface area contributed by atoms with E-state index >= 15 is 0 Å². The number of fused-ring (bicyclic) bond motifs is 3. The summed E-state index contributed by atoms with van der Waals surface area (Å²) >= 11 is 0. The quantitative estimate of drug-likeness (QED) is 0.278. The lowest BCUT2D eigenvalue weighted by atomic mass is 9.84. The van der Waals surface area contributed by atoms with Crippen LogP contribution in [0.1, 0.15) is 23.5 Å². The first-order valence-corrected chi connectivity index (χ1v) is 11.2. The molecule has 1 aromatic heterocycles. The lowest BCUT2D eigenvalue weighted by molar-refractivity contribution is -0.135. The maximum absolute atomic E-state index is 13.7.